The molecule has 0 fully saturated rings. The fourth-order valence-electron chi connectivity index (χ4n) is 1.85. The number of thiazole rings is 1. The number of para-hydroxylation sites is 2. The van der Waals surface area contributed by atoms with Crippen molar-refractivity contribution in [3.05, 3.63) is 40.3 Å². The van der Waals surface area contributed by atoms with Gasteiger partial charge in [0.15, 0.2) is 17.6 Å². The van der Waals surface area contributed by atoms with Crippen molar-refractivity contribution < 1.29 is 9.47 Å². The molecule has 0 N–H and O–H groups in total. The lowest BCUT2D eigenvalue weighted by Crippen LogP contribution is -2.21. The third-order valence-electron chi connectivity index (χ3n) is 2.92. The molecular weight excluding hydrogens is 246 g/mol. The summed E-state index contributed by atoms with van der Waals surface area (Å²) in [6, 6.07) is 7.75. The topological polar surface area (TPSA) is 31.4 Å². The van der Waals surface area contributed by atoms with E-state index < -0.39 is 0 Å². The molecule has 4 heteroatoms. The molecule has 1 aliphatic heterocycles. The first-order valence-electron chi connectivity index (χ1n) is 6.08. The average molecular weight is 261 g/mol. The Morgan fingerprint density at radius 2 is 2.06 bits per heavy atom. The third-order valence-corrected chi connectivity index (χ3v) is 3.87. The van der Waals surface area contributed by atoms with Crippen LogP contribution < -0.4 is 9.47 Å². The minimum absolute atomic E-state index is 0.0857. The Labute approximate surface area is 110 Å². The predicted molar refractivity (Wildman–Crippen MR) is 71.5 cm³/mol. The number of benzene rings is 1. The lowest BCUT2D eigenvalue weighted by Gasteiger charge is -2.24. The summed E-state index contributed by atoms with van der Waals surface area (Å²) in [5.41, 5.74) is 1.12. The van der Waals surface area contributed by atoms with Crippen molar-refractivity contribution in [1.82, 2.24) is 4.98 Å². The van der Waals surface area contributed by atoms with Crippen LogP contribution in [0.5, 0.6) is 11.5 Å². The second kappa shape index (κ2) is 4.61. The molecule has 1 aliphatic rings. The number of nitrogens with zero attached hydrogens (tertiary/aromatic N) is 1. The van der Waals surface area contributed by atoms with Gasteiger partial charge in [-0.1, -0.05) is 26.0 Å². The summed E-state index contributed by atoms with van der Waals surface area (Å²) in [5, 5.41) is 3.09. The molecule has 0 bridgehead atoms. The maximum Gasteiger partial charge on any atom is 0.184 e. The van der Waals surface area contributed by atoms with E-state index in [4.69, 9.17) is 9.47 Å². The molecule has 0 radical (unpaired) electrons. The smallest absolute Gasteiger partial charge is 0.184 e. The van der Waals surface area contributed by atoms with E-state index in [1.807, 2.05) is 24.3 Å². The highest BCUT2D eigenvalue weighted by Gasteiger charge is 2.25. The van der Waals surface area contributed by atoms with Crippen LogP contribution in [-0.4, -0.2) is 11.6 Å². The van der Waals surface area contributed by atoms with Gasteiger partial charge in [-0.25, -0.2) is 4.98 Å². The van der Waals surface area contributed by atoms with E-state index in [0.29, 0.717) is 12.5 Å². The summed E-state index contributed by atoms with van der Waals surface area (Å²) >= 11 is 1.64. The van der Waals surface area contributed by atoms with Gasteiger partial charge in [0.25, 0.3) is 0 Å². The van der Waals surface area contributed by atoms with Gasteiger partial charge in [-0.2, -0.15) is 0 Å². The Hall–Kier alpha value is -1.55. The third kappa shape index (κ3) is 2.08. The van der Waals surface area contributed by atoms with Crippen LogP contribution in [0.1, 0.15) is 36.6 Å². The summed E-state index contributed by atoms with van der Waals surface area (Å²) in [5.74, 6) is 2.07. The molecule has 2 aromatic rings. The number of fused-ring (bicyclic) bond motifs is 1. The van der Waals surface area contributed by atoms with Crippen LogP contribution in [0, 0.1) is 0 Å². The van der Waals surface area contributed by atoms with Crippen LogP contribution in [0.15, 0.2) is 29.6 Å². The molecule has 1 aromatic carbocycles. The Morgan fingerprint density at radius 1 is 1.28 bits per heavy atom. The van der Waals surface area contributed by atoms with Gasteiger partial charge >= 0.3 is 0 Å². The largest absolute Gasteiger partial charge is 0.485 e. The van der Waals surface area contributed by atoms with E-state index in [1.165, 1.54) is 0 Å². The number of hydrogen-bond acceptors (Lipinski definition) is 4. The lowest BCUT2D eigenvalue weighted by atomic mass is 10.2. The van der Waals surface area contributed by atoms with Gasteiger partial charge in [-0.3, -0.25) is 0 Å². The van der Waals surface area contributed by atoms with Gasteiger partial charge in [-0.15, -0.1) is 11.3 Å². The van der Waals surface area contributed by atoms with E-state index in [9.17, 15) is 0 Å². The first kappa shape index (κ1) is 11.5. The second-order valence-electron chi connectivity index (χ2n) is 4.63. The molecule has 1 aromatic heterocycles. The van der Waals surface area contributed by atoms with Gasteiger partial charge in [0.05, 0.1) is 5.69 Å². The van der Waals surface area contributed by atoms with Crippen LogP contribution in [0.25, 0.3) is 0 Å². The zero-order chi connectivity index (χ0) is 12.5. The fourth-order valence-corrected chi connectivity index (χ4v) is 2.85. The van der Waals surface area contributed by atoms with Crippen molar-refractivity contribution in [3.8, 4) is 11.5 Å². The van der Waals surface area contributed by atoms with Crippen molar-refractivity contribution >= 4 is 11.3 Å². The van der Waals surface area contributed by atoms with Gasteiger partial charge in [0, 0.05) is 5.38 Å². The maximum absolute atomic E-state index is 5.93. The van der Waals surface area contributed by atoms with Crippen molar-refractivity contribution in [2.75, 3.05) is 6.61 Å². The second-order valence-corrected chi connectivity index (χ2v) is 5.52. The predicted octanol–water partition coefficient (Wildman–Crippen LogP) is 3.78. The first-order chi connectivity index (χ1) is 8.74. The van der Waals surface area contributed by atoms with Crippen molar-refractivity contribution in [3.63, 3.8) is 0 Å². The zero-order valence-electron chi connectivity index (χ0n) is 10.4. The SMILES string of the molecule is CC(C)c1csc(C2COc3ccccc3O2)n1. The van der Waals surface area contributed by atoms with Crippen molar-refractivity contribution in [2.45, 2.75) is 25.9 Å². The van der Waals surface area contributed by atoms with Crippen LogP contribution in [0.2, 0.25) is 0 Å². The molecule has 0 saturated heterocycles. The first-order valence-corrected chi connectivity index (χ1v) is 6.96. The van der Waals surface area contributed by atoms with Crippen LogP contribution in [-0.2, 0) is 0 Å². The summed E-state index contributed by atoms with van der Waals surface area (Å²) in [7, 11) is 0. The summed E-state index contributed by atoms with van der Waals surface area (Å²) in [4.78, 5) is 4.62. The monoisotopic (exact) mass is 261 g/mol. The highest BCUT2D eigenvalue weighted by Crippen LogP contribution is 2.36. The molecule has 0 spiro atoms. The number of ether oxygens (including phenoxy) is 2. The molecule has 0 amide bonds. The highest BCUT2D eigenvalue weighted by atomic mass is 32.1. The Balaban J connectivity index is 1.83. The molecule has 2 heterocycles. The number of rotatable bonds is 2. The molecule has 3 rings (SSSR count). The van der Waals surface area contributed by atoms with Crippen LogP contribution in [0.3, 0.4) is 0 Å². The summed E-state index contributed by atoms with van der Waals surface area (Å²) in [6.45, 7) is 4.82. The molecule has 0 aliphatic carbocycles. The van der Waals surface area contributed by atoms with Crippen molar-refractivity contribution in [1.29, 1.82) is 0 Å². The lowest BCUT2D eigenvalue weighted by molar-refractivity contribution is 0.0909. The van der Waals surface area contributed by atoms with E-state index >= 15 is 0 Å². The van der Waals surface area contributed by atoms with Crippen LogP contribution in [0.4, 0.5) is 0 Å². The standard InChI is InChI=1S/C14H15NO2S/c1-9(2)10-8-18-14(15-10)13-7-16-11-5-3-4-6-12(11)17-13/h3-6,8-9,13H,7H2,1-2H3. The number of hydrogen-bond donors (Lipinski definition) is 0. The molecule has 3 nitrogen and oxygen atoms in total. The Morgan fingerprint density at radius 3 is 2.78 bits per heavy atom. The Bertz CT molecular complexity index is 550. The van der Waals surface area contributed by atoms with E-state index in [-0.39, 0.29) is 6.10 Å². The summed E-state index contributed by atoms with van der Waals surface area (Å²) < 4.78 is 11.6. The van der Waals surface area contributed by atoms with E-state index in [1.54, 1.807) is 11.3 Å². The van der Waals surface area contributed by atoms with Crippen molar-refractivity contribution in [2.24, 2.45) is 0 Å². The summed E-state index contributed by atoms with van der Waals surface area (Å²) in [6.07, 6.45) is -0.0857. The van der Waals surface area contributed by atoms with Gasteiger partial charge < -0.3 is 9.47 Å². The molecule has 1 unspecified atom stereocenters. The molecule has 0 saturated carbocycles. The quantitative estimate of drug-likeness (QED) is 0.824. The minimum atomic E-state index is -0.0857. The van der Waals surface area contributed by atoms with E-state index in [2.05, 4.69) is 24.2 Å². The average Bonchev–Trinajstić information content (AvgIpc) is 2.88. The molecule has 94 valence electrons. The van der Waals surface area contributed by atoms with Gasteiger partial charge in [0.2, 0.25) is 0 Å². The maximum atomic E-state index is 5.93. The molecule has 18 heavy (non-hydrogen) atoms. The molecule has 1 atom stereocenters. The van der Waals surface area contributed by atoms with Gasteiger partial charge in [-0.05, 0) is 18.1 Å². The minimum Gasteiger partial charge on any atom is -0.485 e. The van der Waals surface area contributed by atoms with Crippen LogP contribution >= 0.6 is 11.3 Å². The van der Waals surface area contributed by atoms with E-state index in [0.717, 1.165) is 22.2 Å². The number of aromatic nitrogens is 1. The normalized spacial score (nSPS) is 18.1. The molecular formula is C14H15NO2S. The van der Waals surface area contributed by atoms with Gasteiger partial charge in [0.1, 0.15) is 11.6 Å². The highest BCUT2D eigenvalue weighted by molar-refractivity contribution is 7.09. The zero-order valence-corrected chi connectivity index (χ0v) is 11.2. The fraction of sp³-hybridized carbons (Fsp3) is 0.357. The Kier molecular flexibility index (Phi) is 2.96.